The van der Waals surface area contributed by atoms with Gasteiger partial charge in [-0.25, -0.2) is 0 Å². The Kier molecular flexibility index (Phi) is 8.21. The number of hydrogen-bond acceptors (Lipinski definition) is 4. The molecule has 2 aromatic carbocycles. The number of hydrogen-bond donors (Lipinski definition) is 2. The maximum atomic E-state index is 12.1. The van der Waals surface area contributed by atoms with Gasteiger partial charge in [0.05, 0.1) is 13.0 Å². The minimum atomic E-state index is -0.397. The second kappa shape index (κ2) is 10.9. The lowest BCUT2D eigenvalue weighted by Crippen LogP contribution is -2.16. The van der Waals surface area contributed by atoms with Crippen LogP contribution in [0.4, 0.5) is 11.4 Å². The van der Waals surface area contributed by atoms with Crippen LogP contribution in [-0.4, -0.2) is 24.4 Å². The third kappa shape index (κ3) is 7.23. The van der Waals surface area contributed by atoms with Gasteiger partial charge >= 0.3 is 5.97 Å². The van der Waals surface area contributed by atoms with Crippen molar-refractivity contribution in [1.29, 1.82) is 0 Å². The van der Waals surface area contributed by atoms with Crippen LogP contribution in [0.5, 0.6) is 0 Å². The number of aryl methyl sites for hydroxylation is 1. The average Bonchev–Trinajstić information content (AvgIpc) is 2.69. The van der Waals surface area contributed by atoms with E-state index in [0.717, 1.165) is 11.1 Å². The van der Waals surface area contributed by atoms with Gasteiger partial charge in [0.1, 0.15) is 0 Å². The van der Waals surface area contributed by atoms with Crippen LogP contribution in [0.25, 0.3) is 0 Å². The molecular weight excluding hydrogens is 356 g/mol. The van der Waals surface area contributed by atoms with E-state index in [1.165, 1.54) is 0 Å². The average molecular weight is 382 g/mol. The molecule has 0 fully saturated rings. The summed E-state index contributed by atoms with van der Waals surface area (Å²) >= 11 is 0. The van der Waals surface area contributed by atoms with E-state index < -0.39 is 5.97 Å². The molecule has 0 bridgehead atoms. The maximum absolute atomic E-state index is 12.1. The Morgan fingerprint density at radius 3 is 2.39 bits per heavy atom. The predicted octanol–water partition coefficient (Wildman–Crippen LogP) is 3.85. The van der Waals surface area contributed by atoms with E-state index in [0.29, 0.717) is 30.8 Å². The lowest BCUT2D eigenvalue weighted by molar-refractivity contribution is -0.144. The number of esters is 1. The van der Waals surface area contributed by atoms with Crippen LogP contribution in [0.2, 0.25) is 0 Å². The fourth-order valence-corrected chi connectivity index (χ4v) is 2.51. The highest BCUT2D eigenvalue weighted by Gasteiger charge is 2.10. The van der Waals surface area contributed by atoms with Crippen LogP contribution in [-0.2, 0) is 25.5 Å². The zero-order valence-corrected chi connectivity index (χ0v) is 16.3. The van der Waals surface area contributed by atoms with Gasteiger partial charge in [-0.1, -0.05) is 43.3 Å². The zero-order chi connectivity index (χ0) is 20.4. The zero-order valence-electron chi connectivity index (χ0n) is 16.3. The van der Waals surface area contributed by atoms with Gasteiger partial charge in [0.15, 0.2) is 0 Å². The third-order valence-electron chi connectivity index (χ3n) is 4.17. The number of rotatable bonds is 9. The molecule has 0 saturated heterocycles. The molecule has 148 valence electrons. The van der Waals surface area contributed by atoms with E-state index >= 15 is 0 Å². The number of benzene rings is 2. The summed E-state index contributed by atoms with van der Waals surface area (Å²) in [5, 5.41) is 5.54. The summed E-state index contributed by atoms with van der Waals surface area (Å²) < 4.78 is 5.17. The molecule has 2 rings (SSSR count). The summed E-state index contributed by atoms with van der Waals surface area (Å²) in [6, 6.07) is 15.0. The lowest BCUT2D eigenvalue weighted by Gasteiger charge is -2.11. The Balaban J connectivity index is 1.75. The first-order valence-electron chi connectivity index (χ1n) is 9.38. The molecule has 6 heteroatoms. The third-order valence-corrected chi connectivity index (χ3v) is 4.17. The second-order valence-corrected chi connectivity index (χ2v) is 6.44. The highest BCUT2D eigenvalue weighted by molar-refractivity contribution is 5.95. The second-order valence-electron chi connectivity index (χ2n) is 6.44. The van der Waals surface area contributed by atoms with E-state index in [1.54, 1.807) is 19.1 Å². The highest BCUT2D eigenvalue weighted by atomic mass is 16.5. The molecule has 0 aromatic heterocycles. The Bertz CT molecular complexity index is 819. The molecule has 0 aliphatic heterocycles. The molecule has 0 aliphatic carbocycles. The van der Waals surface area contributed by atoms with Gasteiger partial charge in [-0.2, -0.15) is 0 Å². The molecule has 0 saturated carbocycles. The van der Waals surface area contributed by atoms with Crippen LogP contribution < -0.4 is 10.6 Å². The van der Waals surface area contributed by atoms with E-state index in [1.807, 2.05) is 43.3 Å². The van der Waals surface area contributed by atoms with Crippen molar-refractivity contribution in [2.75, 3.05) is 17.2 Å². The van der Waals surface area contributed by atoms with Gasteiger partial charge in [-0.05, 0) is 30.2 Å². The van der Waals surface area contributed by atoms with Gasteiger partial charge in [-0.3, -0.25) is 14.4 Å². The molecule has 0 spiro atoms. The number of nitrogens with one attached hydrogen (secondary N) is 2. The number of carbonyl (C=O) groups excluding carboxylic acids is 3. The largest absolute Gasteiger partial charge is 0.465 e. The molecule has 2 aromatic rings. The Morgan fingerprint density at radius 1 is 0.929 bits per heavy atom. The minimum absolute atomic E-state index is 0.0198. The first-order valence-corrected chi connectivity index (χ1v) is 9.38. The van der Waals surface area contributed by atoms with E-state index in [4.69, 9.17) is 4.74 Å². The smallest absolute Gasteiger partial charge is 0.306 e. The first-order chi connectivity index (χ1) is 13.5. The summed E-state index contributed by atoms with van der Waals surface area (Å²) in [5.74, 6) is -0.771. The van der Waals surface area contributed by atoms with Crippen molar-refractivity contribution in [3.8, 4) is 0 Å². The SMILES string of the molecule is CCC(=O)Nc1cc(NC(=O)CCC(=O)OCCc2ccccc2)ccc1C. The van der Waals surface area contributed by atoms with Gasteiger partial charge in [0.25, 0.3) is 0 Å². The minimum Gasteiger partial charge on any atom is -0.465 e. The highest BCUT2D eigenvalue weighted by Crippen LogP contribution is 2.20. The summed E-state index contributed by atoms with van der Waals surface area (Å²) in [7, 11) is 0. The van der Waals surface area contributed by atoms with E-state index in [9.17, 15) is 14.4 Å². The lowest BCUT2D eigenvalue weighted by atomic mass is 10.1. The molecule has 6 nitrogen and oxygen atoms in total. The molecule has 0 unspecified atom stereocenters. The summed E-state index contributed by atoms with van der Waals surface area (Å²) in [4.78, 5) is 35.4. The van der Waals surface area contributed by atoms with Crippen LogP contribution in [0, 0.1) is 6.92 Å². The monoisotopic (exact) mass is 382 g/mol. The quantitative estimate of drug-likeness (QED) is 0.645. The van der Waals surface area contributed by atoms with Gasteiger partial charge in [0.2, 0.25) is 11.8 Å². The maximum Gasteiger partial charge on any atom is 0.306 e. The number of amides is 2. The molecule has 28 heavy (non-hydrogen) atoms. The van der Waals surface area contributed by atoms with Crippen LogP contribution in [0.15, 0.2) is 48.5 Å². The topological polar surface area (TPSA) is 84.5 Å². The van der Waals surface area contributed by atoms with Crippen LogP contribution in [0.1, 0.15) is 37.3 Å². The summed E-state index contributed by atoms with van der Waals surface area (Å²) in [5.41, 5.74) is 3.23. The molecule has 0 atom stereocenters. The van der Waals surface area contributed by atoms with Gasteiger partial charge in [-0.15, -0.1) is 0 Å². The Hall–Kier alpha value is -3.15. The van der Waals surface area contributed by atoms with Crippen molar-refractivity contribution in [1.82, 2.24) is 0 Å². The standard InChI is InChI=1S/C22H26N2O4/c1-3-20(25)24-19-15-18(10-9-16(19)2)23-21(26)11-12-22(27)28-14-13-17-7-5-4-6-8-17/h4-10,15H,3,11-14H2,1-2H3,(H,23,26)(H,24,25). The van der Waals surface area contributed by atoms with Crippen LogP contribution >= 0.6 is 0 Å². The van der Waals surface area contributed by atoms with E-state index in [2.05, 4.69) is 10.6 Å². The molecule has 2 N–H and O–H groups in total. The molecule has 0 aliphatic rings. The molecule has 0 heterocycles. The van der Waals surface area contributed by atoms with Gasteiger partial charge in [0, 0.05) is 30.6 Å². The Labute approximate surface area is 165 Å². The fourth-order valence-electron chi connectivity index (χ4n) is 2.51. The van der Waals surface area contributed by atoms with Crippen molar-refractivity contribution in [2.45, 2.75) is 39.5 Å². The normalized spacial score (nSPS) is 10.2. The first kappa shape index (κ1) is 21.2. The number of ether oxygens (including phenoxy) is 1. The molecular formula is C22H26N2O4. The molecule has 0 radical (unpaired) electrons. The van der Waals surface area contributed by atoms with Crippen LogP contribution in [0.3, 0.4) is 0 Å². The summed E-state index contributed by atoms with van der Waals surface area (Å²) in [6.45, 7) is 3.94. The van der Waals surface area contributed by atoms with E-state index in [-0.39, 0.29) is 24.7 Å². The fraction of sp³-hybridized carbons (Fsp3) is 0.318. The number of carbonyl (C=O) groups is 3. The van der Waals surface area contributed by atoms with Crippen molar-refractivity contribution >= 4 is 29.2 Å². The number of anilines is 2. The Morgan fingerprint density at radius 2 is 1.68 bits per heavy atom. The van der Waals surface area contributed by atoms with Crippen molar-refractivity contribution in [3.63, 3.8) is 0 Å². The van der Waals surface area contributed by atoms with Crippen molar-refractivity contribution in [2.24, 2.45) is 0 Å². The van der Waals surface area contributed by atoms with Crippen molar-refractivity contribution < 1.29 is 19.1 Å². The molecule has 2 amide bonds. The van der Waals surface area contributed by atoms with Crippen molar-refractivity contribution in [3.05, 3.63) is 59.7 Å². The predicted molar refractivity (Wildman–Crippen MR) is 109 cm³/mol. The van der Waals surface area contributed by atoms with Gasteiger partial charge < -0.3 is 15.4 Å². The summed E-state index contributed by atoms with van der Waals surface area (Å²) in [6.07, 6.45) is 1.08.